The quantitative estimate of drug-likeness (QED) is 0.767. The van der Waals surface area contributed by atoms with E-state index in [1.807, 2.05) is 7.05 Å². The van der Waals surface area contributed by atoms with Crippen LogP contribution in [-0.4, -0.2) is 45.4 Å². The zero-order valence-electron chi connectivity index (χ0n) is 10.3. The maximum absolute atomic E-state index is 12.2. The molecule has 100 valence electrons. The van der Waals surface area contributed by atoms with Gasteiger partial charge in [0.1, 0.15) is 0 Å². The highest BCUT2D eigenvalue weighted by Gasteiger charge is 2.17. The number of hydrogen-bond donors (Lipinski definition) is 1. The number of alkyl halides is 1. The fraction of sp³-hybridized carbons (Fsp3) is 0.500. The average Bonchev–Trinajstić information content (AvgIpc) is 2.75. The summed E-state index contributed by atoms with van der Waals surface area (Å²) in [6.45, 7) is 0.685. The van der Waals surface area contributed by atoms with Gasteiger partial charge in [-0.15, -0.1) is 11.6 Å². The Morgan fingerprint density at radius 1 is 1.44 bits per heavy atom. The third-order valence-corrected chi connectivity index (χ3v) is 2.79. The molecule has 6 heteroatoms. The molecule has 5 nitrogen and oxygen atoms in total. The lowest BCUT2D eigenvalue weighted by molar-refractivity contribution is -0.137. The molecule has 0 saturated heterocycles. The van der Waals surface area contributed by atoms with E-state index in [9.17, 15) is 9.59 Å². The van der Waals surface area contributed by atoms with Gasteiger partial charge in [0.2, 0.25) is 0 Å². The summed E-state index contributed by atoms with van der Waals surface area (Å²) >= 11 is 5.60. The van der Waals surface area contributed by atoms with E-state index in [1.54, 1.807) is 23.0 Å². The maximum atomic E-state index is 12.2. The van der Waals surface area contributed by atoms with Crippen LogP contribution in [0.25, 0.3) is 0 Å². The summed E-state index contributed by atoms with van der Waals surface area (Å²) in [5, 5.41) is 8.68. The van der Waals surface area contributed by atoms with Crippen LogP contribution in [0.3, 0.4) is 0 Å². The second kappa shape index (κ2) is 7.06. The molecule has 1 aromatic heterocycles. The molecule has 0 aliphatic rings. The van der Waals surface area contributed by atoms with Gasteiger partial charge in [0.15, 0.2) is 0 Å². The number of amides is 1. The third-order valence-electron chi connectivity index (χ3n) is 2.52. The predicted octanol–water partition coefficient (Wildman–Crippen LogP) is 1.57. The van der Waals surface area contributed by atoms with Crippen LogP contribution in [0.4, 0.5) is 0 Å². The number of aliphatic carboxylic acids is 1. The Morgan fingerprint density at radius 3 is 2.67 bits per heavy atom. The first-order valence-electron chi connectivity index (χ1n) is 5.73. The molecule has 1 aromatic rings. The minimum Gasteiger partial charge on any atom is -0.481 e. The monoisotopic (exact) mass is 272 g/mol. The standard InChI is InChI=1S/C12H17ClN2O3/c1-14-7-3-10(9-14)12(18)15(6-2-5-13)8-4-11(16)17/h3,7,9H,2,4-6,8H2,1H3,(H,16,17). The number of nitrogens with zero attached hydrogens (tertiary/aromatic N) is 2. The largest absolute Gasteiger partial charge is 0.481 e. The molecule has 0 spiro atoms. The molecule has 18 heavy (non-hydrogen) atoms. The molecule has 0 atom stereocenters. The van der Waals surface area contributed by atoms with Crippen LogP contribution in [0.1, 0.15) is 23.2 Å². The highest BCUT2D eigenvalue weighted by molar-refractivity contribution is 6.17. The number of aryl methyl sites for hydroxylation is 1. The first kappa shape index (κ1) is 14.6. The minimum atomic E-state index is -0.910. The summed E-state index contributed by atoms with van der Waals surface area (Å²) in [5.74, 6) is -0.611. The van der Waals surface area contributed by atoms with E-state index in [2.05, 4.69) is 0 Å². The Balaban J connectivity index is 2.68. The second-order valence-electron chi connectivity index (χ2n) is 4.04. The van der Waals surface area contributed by atoms with Crippen molar-refractivity contribution in [2.75, 3.05) is 19.0 Å². The van der Waals surface area contributed by atoms with Crippen molar-refractivity contribution in [3.63, 3.8) is 0 Å². The van der Waals surface area contributed by atoms with Crippen molar-refractivity contribution in [2.24, 2.45) is 7.05 Å². The Bertz CT molecular complexity index is 417. The van der Waals surface area contributed by atoms with Gasteiger partial charge in [0, 0.05) is 38.4 Å². The molecule has 0 fully saturated rings. The molecular formula is C12H17ClN2O3. The molecule has 1 rings (SSSR count). The molecule has 1 heterocycles. The van der Waals surface area contributed by atoms with Gasteiger partial charge in [-0.3, -0.25) is 9.59 Å². The van der Waals surface area contributed by atoms with Gasteiger partial charge >= 0.3 is 5.97 Å². The van der Waals surface area contributed by atoms with E-state index < -0.39 is 5.97 Å². The van der Waals surface area contributed by atoms with Crippen molar-refractivity contribution >= 4 is 23.5 Å². The molecule has 0 aromatic carbocycles. The third kappa shape index (κ3) is 4.41. The summed E-state index contributed by atoms with van der Waals surface area (Å²) in [7, 11) is 1.83. The normalized spacial score (nSPS) is 10.3. The van der Waals surface area contributed by atoms with Gasteiger partial charge < -0.3 is 14.6 Å². The summed E-state index contributed by atoms with van der Waals surface area (Å²) in [4.78, 5) is 24.3. The SMILES string of the molecule is Cn1ccc(C(=O)N(CCCCl)CCC(=O)O)c1. The molecule has 0 radical (unpaired) electrons. The minimum absolute atomic E-state index is 0.0547. The first-order valence-corrected chi connectivity index (χ1v) is 6.27. The van der Waals surface area contributed by atoms with Gasteiger partial charge in [-0.05, 0) is 12.5 Å². The molecule has 0 bridgehead atoms. The zero-order valence-corrected chi connectivity index (χ0v) is 11.1. The molecule has 0 saturated carbocycles. The summed E-state index contributed by atoms with van der Waals surface area (Å²) < 4.78 is 1.78. The van der Waals surface area contributed by atoms with E-state index >= 15 is 0 Å². The molecule has 1 N–H and O–H groups in total. The van der Waals surface area contributed by atoms with E-state index in [0.717, 1.165) is 0 Å². The van der Waals surface area contributed by atoms with Crippen molar-refractivity contribution in [3.05, 3.63) is 24.0 Å². The number of carbonyl (C=O) groups excluding carboxylic acids is 1. The van der Waals surface area contributed by atoms with Crippen molar-refractivity contribution in [1.82, 2.24) is 9.47 Å². The van der Waals surface area contributed by atoms with Crippen LogP contribution in [0, 0.1) is 0 Å². The molecule has 1 amide bonds. The number of aromatic nitrogens is 1. The van der Waals surface area contributed by atoms with Gasteiger partial charge in [-0.1, -0.05) is 0 Å². The number of carboxylic acid groups (broad SMARTS) is 1. The van der Waals surface area contributed by atoms with Crippen molar-refractivity contribution in [1.29, 1.82) is 0 Å². The number of carbonyl (C=O) groups is 2. The topological polar surface area (TPSA) is 62.5 Å². The van der Waals surface area contributed by atoms with Crippen LogP contribution in [0.2, 0.25) is 0 Å². The Morgan fingerprint density at radius 2 is 2.17 bits per heavy atom. The maximum Gasteiger partial charge on any atom is 0.305 e. The summed E-state index contributed by atoms with van der Waals surface area (Å²) in [6.07, 6.45) is 4.10. The Labute approximate surface area is 111 Å². The molecule has 0 aliphatic heterocycles. The van der Waals surface area contributed by atoms with Crippen molar-refractivity contribution in [2.45, 2.75) is 12.8 Å². The van der Waals surface area contributed by atoms with Crippen LogP contribution in [0.5, 0.6) is 0 Å². The van der Waals surface area contributed by atoms with Gasteiger partial charge in [-0.25, -0.2) is 0 Å². The molecular weight excluding hydrogens is 256 g/mol. The first-order chi connectivity index (χ1) is 8.54. The fourth-order valence-corrected chi connectivity index (χ4v) is 1.73. The van der Waals surface area contributed by atoms with Gasteiger partial charge in [0.05, 0.1) is 12.0 Å². The number of rotatable bonds is 7. The number of halogens is 1. The highest BCUT2D eigenvalue weighted by atomic mass is 35.5. The Kier molecular flexibility index (Phi) is 5.71. The smallest absolute Gasteiger partial charge is 0.305 e. The van der Waals surface area contributed by atoms with E-state index in [0.29, 0.717) is 24.4 Å². The fourth-order valence-electron chi connectivity index (χ4n) is 1.61. The predicted molar refractivity (Wildman–Crippen MR) is 68.9 cm³/mol. The number of hydrogen-bond acceptors (Lipinski definition) is 2. The van der Waals surface area contributed by atoms with Crippen molar-refractivity contribution in [3.8, 4) is 0 Å². The molecule has 0 unspecified atom stereocenters. The van der Waals surface area contributed by atoms with Crippen LogP contribution in [0.15, 0.2) is 18.5 Å². The van der Waals surface area contributed by atoms with Gasteiger partial charge in [0.25, 0.3) is 5.91 Å². The van der Waals surface area contributed by atoms with Crippen LogP contribution in [-0.2, 0) is 11.8 Å². The van der Waals surface area contributed by atoms with Crippen molar-refractivity contribution < 1.29 is 14.7 Å². The lowest BCUT2D eigenvalue weighted by Crippen LogP contribution is -2.34. The zero-order chi connectivity index (χ0) is 13.5. The highest BCUT2D eigenvalue weighted by Crippen LogP contribution is 2.07. The van der Waals surface area contributed by atoms with Crippen LogP contribution < -0.4 is 0 Å². The second-order valence-corrected chi connectivity index (χ2v) is 4.42. The Hall–Kier alpha value is -1.49. The van der Waals surface area contributed by atoms with E-state index in [-0.39, 0.29) is 18.9 Å². The average molecular weight is 273 g/mol. The number of carboxylic acids is 1. The summed E-state index contributed by atoms with van der Waals surface area (Å²) in [5.41, 5.74) is 0.567. The summed E-state index contributed by atoms with van der Waals surface area (Å²) in [6, 6.07) is 1.72. The van der Waals surface area contributed by atoms with E-state index in [4.69, 9.17) is 16.7 Å². The van der Waals surface area contributed by atoms with E-state index in [1.165, 1.54) is 4.90 Å². The van der Waals surface area contributed by atoms with Gasteiger partial charge in [-0.2, -0.15) is 0 Å². The molecule has 0 aliphatic carbocycles. The lowest BCUT2D eigenvalue weighted by atomic mass is 10.2. The van der Waals surface area contributed by atoms with Crippen LogP contribution >= 0.6 is 11.6 Å². The lowest BCUT2D eigenvalue weighted by Gasteiger charge is -2.21.